The van der Waals surface area contributed by atoms with Crippen LogP contribution in [0.3, 0.4) is 0 Å². The van der Waals surface area contributed by atoms with Crippen LogP contribution < -0.4 is 0 Å². The summed E-state index contributed by atoms with van der Waals surface area (Å²) in [4.78, 5) is 0. The van der Waals surface area contributed by atoms with Gasteiger partial charge in [-0.25, -0.2) is 0 Å². The van der Waals surface area contributed by atoms with E-state index < -0.39 is 0 Å². The van der Waals surface area contributed by atoms with E-state index in [2.05, 4.69) is 79.5 Å². The van der Waals surface area contributed by atoms with E-state index >= 15 is 0 Å². The van der Waals surface area contributed by atoms with Gasteiger partial charge < -0.3 is 0 Å². The first-order chi connectivity index (χ1) is 12.3. The van der Waals surface area contributed by atoms with Crippen molar-refractivity contribution in [2.24, 2.45) is 0 Å². The molecule has 0 nitrogen and oxygen atoms in total. The van der Waals surface area contributed by atoms with Crippen LogP contribution in [-0.2, 0) is 12.6 Å². The third-order valence-corrected chi connectivity index (χ3v) is 7.17. The predicted molar refractivity (Wildman–Crippen MR) is 111 cm³/mol. The van der Waals surface area contributed by atoms with E-state index in [1.54, 1.807) is 0 Å². The van der Waals surface area contributed by atoms with Crippen LogP contribution >= 0.6 is 7.92 Å². The smallest absolute Gasteiger partial charge is 0.00607 e. The molecule has 0 aromatic heterocycles. The van der Waals surface area contributed by atoms with Crippen molar-refractivity contribution in [3.63, 3.8) is 0 Å². The first kappa shape index (κ1) is 15.1. The summed E-state index contributed by atoms with van der Waals surface area (Å²) in [5, 5.41) is 2.75. The fourth-order valence-corrected chi connectivity index (χ4v) is 6.14. The molecule has 1 aliphatic carbocycles. The summed E-state index contributed by atoms with van der Waals surface area (Å²) in [6, 6.07) is 22.5. The molecule has 0 radical (unpaired) electrons. The Hall–Kier alpha value is -2.17. The van der Waals surface area contributed by atoms with Gasteiger partial charge in [-0.3, -0.25) is 0 Å². The molecule has 0 saturated heterocycles. The summed E-state index contributed by atoms with van der Waals surface area (Å²) in [6.07, 6.45) is 8.24. The maximum Gasteiger partial charge on any atom is -0.00607 e. The van der Waals surface area contributed by atoms with Gasteiger partial charge in [-0.05, 0) is 69.6 Å². The normalized spacial score (nSPS) is 19.0. The minimum absolute atomic E-state index is 0.0141. The highest BCUT2D eigenvalue weighted by Crippen LogP contribution is 2.49. The van der Waals surface area contributed by atoms with Crippen molar-refractivity contribution < 1.29 is 0 Å². The van der Waals surface area contributed by atoms with Gasteiger partial charge in [-0.1, -0.05) is 72.8 Å². The van der Waals surface area contributed by atoms with Gasteiger partial charge in [0.15, 0.2) is 0 Å². The zero-order valence-corrected chi connectivity index (χ0v) is 15.4. The predicted octanol–water partition coefficient (Wildman–Crippen LogP) is 6.38. The van der Waals surface area contributed by atoms with Crippen LogP contribution in [0.2, 0.25) is 0 Å². The summed E-state index contributed by atoms with van der Waals surface area (Å²) < 4.78 is 0. The average molecular weight is 340 g/mol. The molecule has 1 atom stereocenters. The van der Waals surface area contributed by atoms with E-state index in [0.717, 1.165) is 6.42 Å². The number of rotatable bonds is 0. The highest BCUT2D eigenvalue weighted by atomic mass is 31.1. The Morgan fingerprint density at radius 2 is 1.64 bits per heavy atom. The molecule has 0 spiro atoms. The molecule has 1 heterocycles. The zero-order chi connectivity index (χ0) is 16.8. The molecule has 0 N–H and O–H groups in total. The highest BCUT2D eigenvalue weighted by molar-refractivity contribution is 7.56. The van der Waals surface area contributed by atoms with Crippen molar-refractivity contribution in [1.82, 2.24) is 0 Å². The third-order valence-electron chi connectivity index (χ3n) is 5.41. The van der Waals surface area contributed by atoms with Gasteiger partial charge in [-0.15, -0.1) is 7.92 Å². The largest absolute Gasteiger partial charge is 0.101 e. The fourth-order valence-electron chi connectivity index (χ4n) is 4.33. The Balaban J connectivity index is 1.93. The maximum absolute atomic E-state index is 2.45. The van der Waals surface area contributed by atoms with Crippen molar-refractivity contribution in [1.29, 1.82) is 0 Å². The molecule has 0 bridgehead atoms. The maximum atomic E-state index is 2.45. The lowest BCUT2D eigenvalue weighted by molar-refractivity contribution is 1.26. The molecule has 0 amide bonds. The highest BCUT2D eigenvalue weighted by Gasteiger charge is 2.25. The molecular formula is C24H21P. The molecule has 3 aromatic carbocycles. The van der Waals surface area contributed by atoms with Gasteiger partial charge in [0.1, 0.15) is 0 Å². The lowest BCUT2D eigenvalue weighted by Crippen LogP contribution is -1.99. The molecule has 1 heteroatoms. The number of benzene rings is 3. The van der Waals surface area contributed by atoms with Gasteiger partial charge in [0.25, 0.3) is 0 Å². The molecule has 1 unspecified atom stereocenters. The lowest BCUT2D eigenvalue weighted by atomic mass is 9.86. The lowest BCUT2D eigenvalue weighted by Gasteiger charge is -2.18. The van der Waals surface area contributed by atoms with Crippen LogP contribution in [0.25, 0.3) is 16.3 Å². The first-order valence-electron chi connectivity index (χ1n) is 8.99. The Morgan fingerprint density at radius 1 is 0.800 bits per heavy atom. The molecule has 0 saturated carbocycles. The van der Waals surface area contributed by atoms with E-state index in [-0.39, 0.29) is 7.92 Å². The van der Waals surface area contributed by atoms with E-state index in [1.807, 2.05) is 0 Å². The number of hydrogen-bond donors (Lipinski definition) is 0. The van der Waals surface area contributed by atoms with Crippen LogP contribution in [0.5, 0.6) is 0 Å². The molecular weight excluding hydrogens is 319 g/mol. The van der Waals surface area contributed by atoms with Gasteiger partial charge >= 0.3 is 0 Å². The first-order valence-corrected chi connectivity index (χ1v) is 11.1. The van der Waals surface area contributed by atoms with Gasteiger partial charge in [0, 0.05) is 0 Å². The minimum Gasteiger partial charge on any atom is -0.101 e. The van der Waals surface area contributed by atoms with Gasteiger partial charge in [-0.2, -0.15) is 0 Å². The second kappa shape index (κ2) is 5.97. The summed E-state index contributed by atoms with van der Waals surface area (Å²) in [6.45, 7) is 2.45. The third kappa shape index (κ3) is 2.48. The Bertz CT molecular complexity index is 1040. The molecule has 3 aromatic rings. The van der Waals surface area contributed by atoms with Gasteiger partial charge in [0.2, 0.25) is 0 Å². The van der Waals surface area contributed by atoms with Crippen LogP contribution in [0.15, 0.2) is 78.4 Å². The number of fused-ring (bicyclic) bond motifs is 6. The van der Waals surface area contributed by atoms with E-state index in [0.29, 0.717) is 0 Å². The van der Waals surface area contributed by atoms with Crippen LogP contribution in [-0.4, -0.2) is 12.8 Å². The van der Waals surface area contributed by atoms with Crippen molar-refractivity contribution in [2.45, 2.75) is 12.6 Å². The zero-order valence-electron chi connectivity index (χ0n) is 14.5. The fraction of sp³-hybridized carbons (Fsp3) is 0.167. The topological polar surface area (TPSA) is 0 Å². The van der Waals surface area contributed by atoms with Crippen LogP contribution in [0, 0.1) is 0 Å². The summed E-state index contributed by atoms with van der Waals surface area (Å²) in [5.41, 5.74) is 8.92. The Kier molecular flexibility index (Phi) is 3.61. The molecule has 25 heavy (non-hydrogen) atoms. The van der Waals surface area contributed by atoms with Crippen molar-refractivity contribution >= 4 is 24.3 Å². The Labute approximate surface area is 150 Å². The summed E-state index contributed by atoms with van der Waals surface area (Å²) in [5.74, 6) is 0. The number of allylic oxidation sites excluding steroid dienone is 3. The molecule has 0 fully saturated rings. The van der Waals surface area contributed by atoms with Crippen molar-refractivity contribution in [2.75, 3.05) is 12.8 Å². The standard InChI is InChI=1S/C24H21P/c1-25-15-19-10-6-9-17-7-2-4-11-21(17)23(19)24-20(16-25)14-13-18-8-3-5-12-22(18)24/h2-8,10-14H,9,15-16H2,1H3. The van der Waals surface area contributed by atoms with E-state index in [4.69, 9.17) is 0 Å². The molecule has 5 rings (SSSR count). The monoisotopic (exact) mass is 340 g/mol. The van der Waals surface area contributed by atoms with Crippen molar-refractivity contribution in [3.05, 3.63) is 101 Å². The minimum atomic E-state index is -0.0141. The van der Waals surface area contributed by atoms with E-state index in [1.165, 1.54) is 56.5 Å². The Morgan fingerprint density at radius 3 is 2.60 bits per heavy atom. The quantitative estimate of drug-likeness (QED) is 0.417. The summed E-state index contributed by atoms with van der Waals surface area (Å²) in [7, 11) is -0.0141. The van der Waals surface area contributed by atoms with Crippen LogP contribution in [0.4, 0.5) is 0 Å². The second-order valence-corrected chi connectivity index (χ2v) is 9.50. The van der Waals surface area contributed by atoms with Gasteiger partial charge in [0.05, 0.1) is 0 Å². The molecule has 122 valence electrons. The van der Waals surface area contributed by atoms with Crippen molar-refractivity contribution in [3.8, 4) is 0 Å². The van der Waals surface area contributed by atoms with Crippen LogP contribution in [0.1, 0.15) is 22.3 Å². The SMILES string of the molecule is CP1CC2=C(c3ccccc3CC=C2)c2c(ccc3ccccc23)C1. The molecule has 1 aliphatic heterocycles. The summed E-state index contributed by atoms with van der Waals surface area (Å²) >= 11 is 0. The van der Waals surface area contributed by atoms with E-state index in [9.17, 15) is 0 Å². The molecule has 2 aliphatic rings. The average Bonchev–Trinajstić information content (AvgIpc) is 2.89. The second-order valence-electron chi connectivity index (χ2n) is 7.16. The number of hydrogen-bond acceptors (Lipinski definition) is 0.